The van der Waals surface area contributed by atoms with E-state index in [9.17, 15) is 4.79 Å². The molecule has 29 heavy (non-hydrogen) atoms. The lowest BCUT2D eigenvalue weighted by Crippen LogP contribution is -2.09. The van der Waals surface area contributed by atoms with Crippen LogP contribution in [0.5, 0.6) is 17.2 Å². The Morgan fingerprint density at radius 3 is 2.34 bits per heavy atom. The maximum atomic E-state index is 12.2. The largest absolute Gasteiger partial charge is 0.486 e. The molecule has 1 aromatic heterocycles. The fourth-order valence-electron chi connectivity index (χ4n) is 2.98. The van der Waals surface area contributed by atoms with Crippen molar-refractivity contribution in [3.05, 3.63) is 96.3 Å². The van der Waals surface area contributed by atoms with Gasteiger partial charge in [-0.1, -0.05) is 48.5 Å². The third kappa shape index (κ3) is 4.19. The van der Waals surface area contributed by atoms with Crippen LogP contribution in [0.2, 0.25) is 0 Å². The van der Waals surface area contributed by atoms with E-state index >= 15 is 0 Å². The van der Waals surface area contributed by atoms with Gasteiger partial charge < -0.3 is 14.2 Å². The van der Waals surface area contributed by atoms with Crippen molar-refractivity contribution >= 4 is 16.7 Å². The van der Waals surface area contributed by atoms with E-state index < -0.39 is 5.97 Å². The molecule has 5 nitrogen and oxygen atoms in total. The summed E-state index contributed by atoms with van der Waals surface area (Å²) in [6.45, 7) is 0.313. The predicted molar refractivity (Wildman–Crippen MR) is 110 cm³/mol. The Morgan fingerprint density at radius 1 is 0.897 bits per heavy atom. The average Bonchev–Trinajstić information content (AvgIpc) is 2.78. The molecule has 5 heteroatoms. The highest BCUT2D eigenvalue weighted by Gasteiger charge is 2.19. The summed E-state index contributed by atoms with van der Waals surface area (Å²) < 4.78 is 16.8. The number of para-hydroxylation sites is 1. The SMILES string of the molecule is COC(=O)c1ncc2cc(Oc3ccccc3)ccc2c1OCc1ccccc1. The zero-order valence-electron chi connectivity index (χ0n) is 15.9. The Bertz CT molecular complexity index is 1130. The third-order valence-corrected chi connectivity index (χ3v) is 4.40. The summed E-state index contributed by atoms with van der Waals surface area (Å²) >= 11 is 0. The van der Waals surface area contributed by atoms with E-state index in [1.165, 1.54) is 7.11 Å². The van der Waals surface area contributed by atoms with E-state index in [0.717, 1.165) is 22.1 Å². The highest BCUT2D eigenvalue weighted by molar-refractivity contribution is 5.99. The number of hydrogen-bond acceptors (Lipinski definition) is 5. The number of ether oxygens (including phenoxy) is 3. The van der Waals surface area contributed by atoms with Gasteiger partial charge in [-0.25, -0.2) is 9.78 Å². The number of carbonyl (C=O) groups is 1. The third-order valence-electron chi connectivity index (χ3n) is 4.40. The van der Waals surface area contributed by atoms with E-state index in [4.69, 9.17) is 14.2 Å². The van der Waals surface area contributed by atoms with Crippen molar-refractivity contribution in [3.8, 4) is 17.2 Å². The van der Waals surface area contributed by atoms with Crippen LogP contribution >= 0.6 is 0 Å². The van der Waals surface area contributed by atoms with E-state index in [0.29, 0.717) is 18.1 Å². The van der Waals surface area contributed by atoms with Crippen LogP contribution in [-0.4, -0.2) is 18.1 Å². The maximum absolute atomic E-state index is 12.2. The van der Waals surface area contributed by atoms with Crippen molar-refractivity contribution in [2.75, 3.05) is 7.11 Å². The number of hydrogen-bond donors (Lipinski definition) is 0. The molecule has 0 bridgehead atoms. The summed E-state index contributed by atoms with van der Waals surface area (Å²) in [6, 6.07) is 24.8. The predicted octanol–water partition coefficient (Wildman–Crippen LogP) is 5.39. The smallest absolute Gasteiger partial charge is 0.360 e. The van der Waals surface area contributed by atoms with E-state index in [1.807, 2.05) is 78.9 Å². The van der Waals surface area contributed by atoms with E-state index in [1.54, 1.807) is 6.20 Å². The molecule has 0 aliphatic heterocycles. The highest BCUT2D eigenvalue weighted by Crippen LogP contribution is 2.33. The van der Waals surface area contributed by atoms with Gasteiger partial charge in [-0.05, 0) is 35.9 Å². The molecule has 0 saturated carbocycles. The van der Waals surface area contributed by atoms with Gasteiger partial charge in [0.1, 0.15) is 18.1 Å². The van der Waals surface area contributed by atoms with Crippen LogP contribution in [0.15, 0.2) is 85.1 Å². The molecule has 4 aromatic rings. The summed E-state index contributed by atoms with van der Waals surface area (Å²) in [5, 5.41) is 1.56. The van der Waals surface area contributed by atoms with Crippen molar-refractivity contribution in [2.45, 2.75) is 6.61 Å². The summed E-state index contributed by atoms with van der Waals surface area (Å²) in [6.07, 6.45) is 1.62. The maximum Gasteiger partial charge on any atom is 0.360 e. The molecule has 0 unspecified atom stereocenters. The van der Waals surface area contributed by atoms with Crippen LogP contribution < -0.4 is 9.47 Å². The van der Waals surface area contributed by atoms with Gasteiger partial charge in [0.25, 0.3) is 0 Å². The Morgan fingerprint density at radius 2 is 1.62 bits per heavy atom. The Kier molecular flexibility index (Phi) is 5.38. The standard InChI is InChI=1S/C24H19NO4/c1-27-24(26)22-23(28-16-17-8-4-2-5-9-17)21-13-12-20(14-18(21)15-25-22)29-19-10-6-3-7-11-19/h2-15H,16H2,1H3. The number of fused-ring (bicyclic) bond motifs is 1. The first-order chi connectivity index (χ1) is 14.2. The summed E-state index contributed by atoms with van der Waals surface area (Å²) in [5.41, 5.74) is 1.14. The van der Waals surface area contributed by atoms with Gasteiger partial charge >= 0.3 is 5.97 Å². The van der Waals surface area contributed by atoms with Gasteiger partial charge in [-0.3, -0.25) is 0 Å². The van der Waals surface area contributed by atoms with Crippen LogP contribution in [0, 0.1) is 0 Å². The number of benzene rings is 3. The van der Waals surface area contributed by atoms with Gasteiger partial charge in [0.2, 0.25) is 0 Å². The Hall–Kier alpha value is -3.86. The number of rotatable bonds is 6. The van der Waals surface area contributed by atoms with E-state index in [2.05, 4.69) is 4.98 Å². The summed E-state index contributed by atoms with van der Waals surface area (Å²) in [5.74, 6) is 1.26. The molecule has 0 N–H and O–H groups in total. The monoisotopic (exact) mass is 385 g/mol. The topological polar surface area (TPSA) is 57.7 Å². The first kappa shape index (κ1) is 18.5. The second-order valence-corrected chi connectivity index (χ2v) is 6.37. The lowest BCUT2D eigenvalue weighted by Gasteiger charge is -2.14. The molecule has 0 atom stereocenters. The average molecular weight is 385 g/mol. The number of pyridine rings is 1. The van der Waals surface area contributed by atoms with Crippen molar-refractivity contribution in [1.29, 1.82) is 0 Å². The Balaban J connectivity index is 1.70. The van der Waals surface area contributed by atoms with Gasteiger partial charge in [0.05, 0.1) is 7.11 Å². The Labute approximate surface area is 168 Å². The number of aromatic nitrogens is 1. The molecular formula is C24H19NO4. The van der Waals surface area contributed by atoms with Crippen molar-refractivity contribution in [2.24, 2.45) is 0 Å². The zero-order chi connectivity index (χ0) is 20.1. The lowest BCUT2D eigenvalue weighted by atomic mass is 10.1. The molecule has 0 fully saturated rings. The number of methoxy groups -OCH3 is 1. The van der Waals surface area contributed by atoms with Crippen molar-refractivity contribution in [1.82, 2.24) is 4.98 Å². The fraction of sp³-hybridized carbons (Fsp3) is 0.0833. The summed E-state index contributed by atoms with van der Waals surface area (Å²) in [7, 11) is 1.33. The van der Waals surface area contributed by atoms with Crippen LogP contribution in [0.25, 0.3) is 10.8 Å². The quantitative estimate of drug-likeness (QED) is 0.416. The molecule has 4 rings (SSSR count). The second-order valence-electron chi connectivity index (χ2n) is 6.37. The minimum absolute atomic E-state index is 0.146. The zero-order valence-corrected chi connectivity index (χ0v) is 15.9. The molecule has 0 aliphatic carbocycles. The molecule has 0 radical (unpaired) electrons. The number of nitrogens with zero attached hydrogens (tertiary/aromatic N) is 1. The van der Waals surface area contributed by atoms with Gasteiger partial charge in [0.15, 0.2) is 11.4 Å². The molecule has 3 aromatic carbocycles. The van der Waals surface area contributed by atoms with Gasteiger partial charge in [-0.2, -0.15) is 0 Å². The first-order valence-corrected chi connectivity index (χ1v) is 9.15. The van der Waals surface area contributed by atoms with Crippen molar-refractivity contribution < 1.29 is 19.0 Å². The molecule has 144 valence electrons. The number of carbonyl (C=O) groups excluding carboxylic acids is 1. The highest BCUT2D eigenvalue weighted by atomic mass is 16.5. The van der Waals surface area contributed by atoms with Gasteiger partial charge in [-0.15, -0.1) is 0 Å². The van der Waals surface area contributed by atoms with Crippen LogP contribution in [0.4, 0.5) is 0 Å². The van der Waals surface area contributed by atoms with Crippen LogP contribution in [-0.2, 0) is 11.3 Å². The minimum atomic E-state index is -0.542. The number of esters is 1. The second kappa shape index (κ2) is 8.44. The molecule has 0 aliphatic rings. The van der Waals surface area contributed by atoms with Crippen LogP contribution in [0.1, 0.15) is 16.1 Å². The molecule has 0 spiro atoms. The van der Waals surface area contributed by atoms with E-state index in [-0.39, 0.29) is 5.69 Å². The normalized spacial score (nSPS) is 10.5. The van der Waals surface area contributed by atoms with Crippen LogP contribution in [0.3, 0.4) is 0 Å². The summed E-state index contributed by atoms with van der Waals surface area (Å²) in [4.78, 5) is 16.5. The molecule has 1 heterocycles. The fourth-order valence-corrected chi connectivity index (χ4v) is 2.98. The lowest BCUT2D eigenvalue weighted by molar-refractivity contribution is 0.0589. The molecule has 0 saturated heterocycles. The van der Waals surface area contributed by atoms with Crippen molar-refractivity contribution in [3.63, 3.8) is 0 Å². The van der Waals surface area contributed by atoms with Gasteiger partial charge in [0, 0.05) is 17.0 Å². The molecular weight excluding hydrogens is 366 g/mol. The minimum Gasteiger partial charge on any atom is -0.486 e. The molecule has 0 amide bonds. The first-order valence-electron chi connectivity index (χ1n) is 9.15.